The van der Waals surface area contributed by atoms with Crippen molar-refractivity contribution in [2.75, 3.05) is 10.7 Å². The number of carbonyl (C=O) groups excluding carboxylic acids is 1. The van der Waals surface area contributed by atoms with Gasteiger partial charge in [0.25, 0.3) is 0 Å². The van der Waals surface area contributed by atoms with Crippen molar-refractivity contribution in [1.82, 2.24) is 14.9 Å². The van der Waals surface area contributed by atoms with Crippen LogP contribution in [0.4, 0.5) is 10.1 Å². The first-order chi connectivity index (χ1) is 14.1. The van der Waals surface area contributed by atoms with Crippen LogP contribution in [0, 0.1) is 12.7 Å². The van der Waals surface area contributed by atoms with Gasteiger partial charge in [-0.15, -0.1) is 10.2 Å². The number of nitrogens with one attached hydrogen (secondary N) is 2. The van der Waals surface area contributed by atoms with Crippen LogP contribution in [0.2, 0.25) is 0 Å². The van der Waals surface area contributed by atoms with E-state index in [0.29, 0.717) is 5.16 Å². The Hall–Kier alpha value is -2.87. The normalized spacial score (nSPS) is 18.0. The Bertz CT molecular complexity index is 1020. The molecule has 0 unspecified atom stereocenters. The molecule has 0 bridgehead atoms. The average Bonchev–Trinajstić information content (AvgIpc) is 3.11. The fourth-order valence-electron chi connectivity index (χ4n) is 3.32. The van der Waals surface area contributed by atoms with Crippen molar-refractivity contribution in [3.05, 3.63) is 71.3 Å². The zero-order valence-corrected chi connectivity index (χ0v) is 17.0. The number of nitrogens with zero attached hydrogens (tertiary/aromatic N) is 3. The SMILES string of the molecule is CCCc1nnc2n1N[C@@H](c1ccc(F)cc1)[C@@H](C(=O)Nc1ccccc1C)S2. The molecule has 1 amide bonds. The van der Waals surface area contributed by atoms with Crippen LogP contribution >= 0.6 is 11.8 Å². The Labute approximate surface area is 172 Å². The third kappa shape index (κ3) is 3.98. The zero-order chi connectivity index (χ0) is 20.4. The lowest BCUT2D eigenvalue weighted by atomic mass is 10.0. The molecule has 0 radical (unpaired) electrons. The topological polar surface area (TPSA) is 71.8 Å². The van der Waals surface area contributed by atoms with Gasteiger partial charge in [0.05, 0.1) is 6.04 Å². The van der Waals surface area contributed by atoms with Crippen molar-refractivity contribution in [1.29, 1.82) is 0 Å². The quantitative estimate of drug-likeness (QED) is 0.662. The molecule has 8 heteroatoms. The highest BCUT2D eigenvalue weighted by molar-refractivity contribution is 8.00. The largest absolute Gasteiger partial charge is 0.325 e. The summed E-state index contributed by atoms with van der Waals surface area (Å²) < 4.78 is 15.3. The summed E-state index contributed by atoms with van der Waals surface area (Å²) in [5.41, 5.74) is 5.97. The molecule has 1 aliphatic rings. The van der Waals surface area contributed by atoms with E-state index in [-0.39, 0.29) is 17.8 Å². The molecule has 0 fully saturated rings. The monoisotopic (exact) mass is 411 g/mol. The van der Waals surface area contributed by atoms with Gasteiger partial charge in [0.1, 0.15) is 11.1 Å². The first-order valence-corrected chi connectivity index (χ1v) is 10.4. The summed E-state index contributed by atoms with van der Waals surface area (Å²) in [5, 5.41) is 11.7. The predicted octanol–water partition coefficient (Wildman–Crippen LogP) is 4.08. The van der Waals surface area contributed by atoms with E-state index in [9.17, 15) is 9.18 Å². The maximum Gasteiger partial charge on any atom is 0.240 e. The number of halogens is 1. The summed E-state index contributed by atoms with van der Waals surface area (Å²) in [5.74, 6) is 0.368. The van der Waals surface area contributed by atoms with Gasteiger partial charge < -0.3 is 10.7 Å². The lowest BCUT2D eigenvalue weighted by Gasteiger charge is -2.33. The van der Waals surface area contributed by atoms with Gasteiger partial charge in [-0.2, -0.15) is 0 Å². The van der Waals surface area contributed by atoms with Crippen LogP contribution in [0.15, 0.2) is 53.7 Å². The van der Waals surface area contributed by atoms with Crippen LogP contribution in [-0.2, 0) is 11.2 Å². The highest BCUT2D eigenvalue weighted by Gasteiger charge is 2.37. The molecule has 2 N–H and O–H groups in total. The Balaban J connectivity index is 1.67. The third-order valence-electron chi connectivity index (χ3n) is 4.87. The number of rotatable bonds is 5. The van der Waals surface area contributed by atoms with Gasteiger partial charge in [-0.25, -0.2) is 9.07 Å². The molecule has 2 aromatic carbocycles. The maximum absolute atomic E-state index is 13.5. The summed E-state index contributed by atoms with van der Waals surface area (Å²) in [6.07, 6.45) is 1.71. The minimum atomic E-state index is -0.494. The number of hydrogen-bond acceptors (Lipinski definition) is 5. The fraction of sp³-hybridized carbons (Fsp3) is 0.286. The molecule has 4 rings (SSSR count). The predicted molar refractivity (Wildman–Crippen MR) is 112 cm³/mol. The second-order valence-corrected chi connectivity index (χ2v) is 8.09. The summed E-state index contributed by atoms with van der Waals surface area (Å²) >= 11 is 1.37. The van der Waals surface area contributed by atoms with Crippen LogP contribution in [0.25, 0.3) is 0 Å². The molecule has 2 atom stereocenters. The van der Waals surface area contributed by atoms with Gasteiger partial charge in [-0.1, -0.05) is 49.0 Å². The molecular weight excluding hydrogens is 389 g/mol. The molecule has 6 nitrogen and oxygen atoms in total. The molecule has 1 aliphatic heterocycles. The van der Waals surface area contributed by atoms with Crippen LogP contribution in [-0.4, -0.2) is 26.0 Å². The summed E-state index contributed by atoms with van der Waals surface area (Å²) in [6.45, 7) is 4.03. The van der Waals surface area contributed by atoms with Crippen molar-refractivity contribution in [2.24, 2.45) is 0 Å². The van der Waals surface area contributed by atoms with Crippen LogP contribution < -0.4 is 10.7 Å². The number of fused-ring (bicyclic) bond motifs is 1. The smallest absolute Gasteiger partial charge is 0.240 e. The highest BCUT2D eigenvalue weighted by Crippen LogP contribution is 2.37. The highest BCUT2D eigenvalue weighted by atomic mass is 32.2. The second-order valence-electron chi connectivity index (χ2n) is 6.99. The minimum absolute atomic E-state index is 0.141. The molecule has 1 aromatic heterocycles. The Morgan fingerprint density at radius 1 is 1.21 bits per heavy atom. The third-order valence-corrected chi connectivity index (χ3v) is 6.08. The molecule has 150 valence electrons. The number of thioether (sulfide) groups is 1. The van der Waals surface area contributed by atoms with Crippen molar-refractivity contribution < 1.29 is 9.18 Å². The Morgan fingerprint density at radius 2 is 1.97 bits per heavy atom. The Kier molecular flexibility index (Phi) is 5.53. The number of amides is 1. The van der Waals surface area contributed by atoms with Crippen molar-refractivity contribution in [2.45, 2.75) is 43.1 Å². The molecule has 3 aromatic rings. The van der Waals surface area contributed by atoms with E-state index < -0.39 is 5.25 Å². The summed E-state index contributed by atoms with van der Waals surface area (Å²) in [4.78, 5) is 13.2. The van der Waals surface area contributed by atoms with E-state index in [2.05, 4.69) is 27.9 Å². The number of anilines is 1. The number of carbonyl (C=O) groups is 1. The van der Waals surface area contributed by atoms with Gasteiger partial charge in [0.15, 0.2) is 5.82 Å². The van der Waals surface area contributed by atoms with Crippen LogP contribution in [0.3, 0.4) is 0 Å². The van der Waals surface area contributed by atoms with E-state index in [4.69, 9.17) is 0 Å². The number of para-hydroxylation sites is 1. The molecular formula is C21H22FN5OS. The lowest BCUT2D eigenvalue weighted by Crippen LogP contribution is -2.41. The van der Waals surface area contributed by atoms with Crippen LogP contribution in [0.1, 0.15) is 36.3 Å². The van der Waals surface area contributed by atoms with Gasteiger partial charge in [0.2, 0.25) is 11.1 Å². The van der Waals surface area contributed by atoms with E-state index in [0.717, 1.165) is 35.5 Å². The lowest BCUT2D eigenvalue weighted by molar-refractivity contribution is -0.116. The number of aromatic nitrogens is 3. The fourth-order valence-corrected chi connectivity index (χ4v) is 4.42. The molecule has 0 spiro atoms. The van der Waals surface area contributed by atoms with E-state index >= 15 is 0 Å². The number of aryl methyl sites for hydroxylation is 2. The Morgan fingerprint density at radius 3 is 2.69 bits per heavy atom. The number of hydrogen-bond donors (Lipinski definition) is 2. The summed E-state index contributed by atoms with van der Waals surface area (Å²) in [7, 11) is 0. The van der Waals surface area contributed by atoms with Crippen LogP contribution in [0.5, 0.6) is 0 Å². The van der Waals surface area contributed by atoms with Gasteiger partial charge in [-0.05, 0) is 42.7 Å². The minimum Gasteiger partial charge on any atom is -0.325 e. The standard InChI is InChI=1S/C21H22FN5OS/c1-3-6-17-24-25-21-27(17)26-18(14-9-11-15(22)12-10-14)19(29-21)20(28)23-16-8-5-4-7-13(16)2/h4-5,7-12,18-19,26H,3,6H2,1-2H3,(H,23,28)/t18-,19-/m0/s1. The first-order valence-electron chi connectivity index (χ1n) is 9.56. The molecule has 2 heterocycles. The average molecular weight is 412 g/mol. The summed E-state index contributed by atoms with van der Waals surface area (Å²) in [6, 6.07) is 13.5. The van der Waals surface area contributed by atoms with Gasteiger partial charge in [0, 0.05) is 12.1 Å². The van der Waals surface area contributed by atoms with Gasteiger partial charge >= 0.3 is 0 Å². The molecule has 29 heavy (non-hydrogen) atoms. The molecule has 0 saturated heterocycles. The molecule has 0 saturated carbocycles. The van der Waals surface area contributed by atoms with E-state index in [1.807, 2.05) is 35.9 Å². The second kappa shape index (κ2) is 8.24. The first kappa shape index (κ1) is 19.4. The van der Waals surface area contributed by atoms with Crippen molar-refractivity contribution >= 4 is 23.4 Å². The van der Waals surface area contributed by atoms with Crippen molar-refractivity contribution in [3.63, 3.8) is 0 Å². The maximum atomic E-state index is 13.5. The zero-order valence-electron chi connectivity index (χ0n) is 16.2. The number of benzene rings is 2. The van der Waals surface area contributed by atoms with E-state index in [1.54, 1.807) is 12.1 Å². The molecule has 0 aliphatic carbocycles. The van der Waals surface area contributed by atoms with Gasteiger partial charge in [-0.3, -0.25) is 4.79 Å². The van der Waals surface area contributed by atoms with E-state index in [1.165, 1.54) is 23.9 Å². The van der Waals surface area contributed by atoms with Crippen molar-refractivity contribution in [3.8, 4) is 0 Å².